The van der Waals surface area contributed by atoms with Gasteiger partial charge in [0, 0.05) is 39.1 Å². The fourth-order valence-electron chi connectivity index (χ4n) is 2.62. The Kier molecular flexibility index (Phi) is 11.9. The maximum atomic E-state index is 12.1. The van der Waals surface area contributed by atoms with Gasteiger partial charge in [-0.1, -0.05) is 37.3 Å². The molecule has 0 aliphatic carbocycles. The van der Waals surface area contributed by atoms with Crippen molar-refractivity contribution in [3.05, 3.63) is 35.9 Å². The summed E-state index contributed by atoms with van der Waals surface area (Å²) in [6.07, 6.45) is 0.474. The molecule has 1 aromatic rings. The van der Waals surface area contributed by atoms with Crippen LogP contribution in [-0.4, -0.2) is 56.1 Å². The molecule has 0 saturated carbocycles. The Morgan fingerprint density at radius 1 is 1.15 bits per heavy atom. The van der Waals surface area contributed by atoms with Gasteiger partial charge < -0.3 is 20.3 Å². The summed E-state index contributed by atoms with van der Waals surface area (Å²) in [5.41, 5.74) is 1.18. The lowest BCUT2D eigenvalue weighted by atomic mass is 10.2. The van der Waals surface area contributed by atoms with Crippen molar-refractivity contribution in [1.82, 2.24) is 15.5 Å². The Balaban J connectivity index is 2.33. The highest BCUT2D eigenvalue weighted by Crippen LogP contribution is 2.03. The zero-order valence-corrected chi connectivity index (χ0v) is 17.3. The molecule has 1 rings (SSSR count). The normalized spacial score (nSPS) is 12.5. The third-order valence-corrected chi connectivity index (χ3v) is 4.17. The van der Waals surface area contributed by atoms with Gasteiger partial charge in [-0.05, 0) is 32.3 Å². The number of hydrogen-bond donors (Lipinski definition) is 2. The molecule has 6 nitrogen and oxygen atoms in total. The molecule has 152 valence electrons. The number of carbonyl (C=O) groups excluding carboxylic acids is 1. The second-order valence-corrected chi connectivity index (χ2v) is 6.57. The smallest absolute Gasteiger partial charge is 0.224 e. The molecule has 0 heterocycles. The van der Waals surface area contributed by atoms with E-state index in [0.717, 1.165) is 25.6 Å². The number of nitrogens with one attached hydrogen (secondary N) is 2. The minimum Gasteiger partial charge on any atom is -0.376 e. The minimum atomic E-state index is 0.172. The third-order valence-electron chi connectivity index (χ3n) is 4.17. The number of carbonyl (C=O) groups is 1. The van der Waals surface area contributed by atoms with E-state index in [9.17, 15) is 4.79 Å². The molecule has 0 aliphatic rings. The van der Waals surface area contributed by atoms with E-state index >= 15 is 0 Å². The van der Waals surface area contributed by atoms with E-state index < -0.39 is 0 Å². The highest BCUT2D eigenvalue weighted by Gasteiger charge is 2.09. The van der Waals surface area contributed by atoms with Crippen LogP contribution >= 0.6 is 0 Å². The van der Waals surface area contributed by atoms with Gasteiger partial charge in [0.1, 0.15) is 0 Å². The van der Waals surface area contributed by atoms with Crippen LogP contribution in [0.25, 0.3) is 0 Å². The summed E-state index contributed by atoms with van der Waals surface area (Å²) < 4.78 is 5.78. The van der Waals surface area contributed by atoms with Crippen molar-refractivity contribution in [3.63, 3.8) is 0 Å². The molecule has 1 aromatic carbocycles. The highest BCUT2D eigenvalue weighted by molar-refractivity contribution is 5.81. The zero-order chi connectivity index (χ0) is 19.9. The van der Waals surface area contributed by atoms with Gasteiger partial charge in [-0.25, -0.2) is 0 Å². The first-order chi connectivity index (χ1) is 13.1. The van der Waals surface area contributed by atoms with Crippen LogP contribution in [0.1, 0.15) is 39.7 Å². The molecule has 0 spiro atoms. The number of hydrogen-bond acceptors (Lipinski definition) is 3. The monoisotopic (exact) mass is 376 g/mol. The van der Waals surface area contributed by atoms with Gasteiger partial charge in [0.2, 0.25) is 5.91 Å². The van der Waals surface area contributed by atoms with Crippen molar-refractivity contribution in [1.29, 1.82) is 0 Å². The van der Waals surface area contributed by atoms with Gasteiger partial charge in [-0.15, -0.1) is 0 Å². The highest BCUT2D eigenvalue weighted by atomic mass is 16.5. The second-order valence-electron chi connectivity index (χ2n) is 6.57. The molecule has 6 heteroatoms. The van der Waals surface area contributed by atoms with E-state index in [-0.39, 0.29) is 5.91 Å². The second kappa shape index (κ2) is 14.0. The van der Waals surface area contributed by atoms with Crippen LogP contribution in [0.4, 0.5) is 0 Å². The van der Waals surface area contributed by atoms with Gasteiger partial charge in [0.15, 0.2) is 5.96 Å². The fourth-order valence-corrected chi connectivity index (χ4v) is 2.62. The van der Waals surface area contributed by atoms with E-state index in [2.05, 4.69) is 34.7 Å². The molecule has 1 amide bonds. The van der Waals surface area contributed by atoms with Gasteiger partial charge in [0.05, 0.1) is 13.2 Å². The fraction of sp³-hybridized carbons (Fsp3) is 0.619. The van der Waals surface area contributed by atoms with Crippen molar-refractivity contribution in [2.75, 3.05) is 39.3 Å². The molecular weight excluding hydrogens is 340 g/mol. The van der Waals surface area contributed by atoms with Crippen molar-refractivity contribution >= 4 is 11.9 Å². The first-order valence-corrected chi connectivity index (χ1v) is 10.0. The maximum Gasteiger partial charge on any atom is 0.224 e. The maximum absolute atomic E-state index is 12.1. The molecule has 2 N–H and O–H groups in total. The van der Waals surface area contributed by atoms with Crippen LogP contribution in [0.2, 0.25) is 0 Å². The first kappa shape index (κ1) is 23.0. The molecule has 1 unspecified atom stereocenters. The molecule has 0 aromatic heterocycles. The lowest BCUT2D eigenvalue weighted by molar-refractivity contribution is -0.130. The topological polar surface area (TPSA) is 66.0 Å². The molecule has 0 saturated heterocycles. The van der Waals surface area contributed by atoms with Gasteiger partial charge in [-0.3, -0.25) is 9.79 Å². The van der Waals surface area contributed by atoms with Crippen LogP contribution in [0.3, 0.4) is 0 Å². The number of guanidine groups is 1. The number of nitrogens with zero attached hydrogens (tertiary/aromatic N) is 2. The van der Waals surface area contributed by atoms with Crippen LogP contribution in [0.15, 0.2) is 35.3 Å². The summed E-state index contributed by atoms with van der Waals surface area (Å²) in [5, 5.41) is 6.47. The van der Waals surface area contributed by atoms with Gasteiger partial charge in [0.25, 0.3) is 0 Å². The molecule has 1 atom stereocenters. The number of amides is 1. The molecule has 0 aliphatic heterocycles. The summed E-state index contributed by atoms with van der Waals surface area (Å²) in [5.74, 6) is 1.24. The predicted octanol–water partition coefficient (Wildman–Crippen LogP) is 2.65. The molecule has 0 bridgehead atoms. The van der Waals surface area contributed by atoms with Crippen LogP contribution in [0.5, 0.6) is 0 Å². The van der Waals surface area contributed by atoms with E-state index in [1.54, 1.807) is 0 Å². The number of rotatable bonds is 12. The van der Waals surface area contributed by atoms with Crippen molar-refractivity contribution in [2.45, 2.75) is 40.7 Å². The Labute approximate surface area is 164 Å². The quantitative estimate of drug-likeness (QED) is 0.435. The molecule has 0 radical (unpaired) electrons. The third kappa shape index (κ3) is 9.99. The Hall–Kier alpha value is -2.08. The average molecular weight is 377 g/mol. The standard InChI is InChI=1S/C21H36N4O2/c1-5-22-21(23-14-13-20(26)25(6-2)7-3)24-15-18(4)16-27-17-19-11-9-8-10-12-19/h8-12,18H,5-7,13-17H2,1-4H3,(H2,22,23,24). The van der Waals surface area contributed by atoms with Gasteiger partial charge >= 0.3 is 0 Å². The van der Waals surface area contributed by atoms with Crippen molar-refractivity contribution < 1.29 is 9.53 Å². The minimum absolute atomic E-state index is 0.172. The van der Waals surface area contributed by atoms with Gasteiger partial charge in [-0.2, -0.15) is 0 Å². The summed E-state index contributed by atoms with van der Waals surface area (Å²) >= 11 is 0. The number of ether oxygens (including phenoxy) is 1. The average Bonchev–Trinajstić information content (AvgIpc) is 2.68. The number of aliphatic imine (C=N–C) groups is 1. The van der Waals surface area contributed by atoms with Crippen LogP contribution < -0.4 is 10.6 Å². The SMILES string of the molecule is CCNC(=NCC(C)COCc1ccccc1)NCCC(=O)N(CC)CC. The lowest BCUT2D eigenvalue weighted by Crippen LogP contribution is -2.40. The van der Waals surface area contributed by atoms with E-state index in [1.807, 2.05) is 43.9 Å². The largest absolute Gasteiger partial charge is 0.376 e. The molecule has 0 fully saturated rings. The Morgan fingerprint density at radius 3 is 2.48 bits per heavy atom. The van der Waals surface area contributed by atoms with Crippen molar-refractivity contribution in [2.24, 2.45) is 10.9 Å². The van der Waals surface area contributed by atoms with Crippen LogP contribution in [0, 0.1) is 5.92 Å². The molecular formula is C21H36N4O2. The van der Waals surface area contributed by atoms with E-state index in [1.165, 1.54) is 5.56 Å². The van der Waals surface area contributed by atoms with E-state index in [0.29, 0.717) is 38.6 Å². The lowest BCUT2D eigenvalue weighted by Gasteiger charge is -2.19. The Bertz CT molecular complexity index is 544. The summed E-state index contributed by atoms with van der Waals surface area (Å²) in [6.45, 7) is 13.0. The van der Waals surface area contributed by atoms with E-state index in [4.69, 9.17) is 4.74 Å². The summed E-state index contributed by atoms with van der Waals surface area (Å²) in [4.78, 5) is 18.5. The Morgan fingerprint density at radius 2 is 1.85 bits per heavy atom. The summed E-state index contributed by atoms with van der Waals surface area (Å²) in [7, 11) is 0. The predicted molar refractivity (Wildman–Crippen MR) is 112 cm³/mol. The number of benzene rings is 1. The van der Waals surface area contributed by atoms with Crippen LogP contribution in [-0.2, 0) is 16.1 Å². The van der Waals surface area contributed by atoms with Crippen molar-refractivity contribution in [3.8, 4) is 0 Å². The summed E-state index contributed by atoms with van der Waals surface area (Å²) in [6, 6.07) is 10.2. The first-order valence-electron chi connectivity index (χ1n) is 10.0. The molecule has 27 heavy (non-hydrogen) atoms. The zero-order valence-electron chi connectivity index (χ0n) is 17.3.